The lowest BCUT2D eigenvalue weighted by Gasteiger charge is -2.26. The number of rotatable bonds is 13. The predicted molar refractivity (Wildman–Crippen MR) is 124 cm³/mol. The summed E-state index contributed by atoms with van der Waals surface area (Å²) in [6.07, 6.45) is 3.19. The first kappa shape index (κ1) is 27.3. The predicted octanol–water partition coefficient (Wildman–Crippen LogP) is 1.23. The Kier molecular flexibility index (Phi) is 11.6. The lowest BCUT2D eigenvalue weighted by molar-refractivity contribution is -0.132. The highest BCUT2D eigenvalue weighted by Crippen LogP contribution is 2.10. The molecule has 0 aromatic heterocycles. The summed E-state index contributed by atoms with van der Waals surface area (Å²) in [6, 6.07) is 5.97. The van der Waals surface area contributed by atoms with Crippen molar-refractivity contribution in [2.45, 2.75) is 78.0 Å². The second-order valence-corrected chi connectivity index (χ2v) is 8.72. The van der Waals surface area contributed by atoms with Gasteiger partial charge in [-0.05, 0) is 30.7 Å². The Hall–Kier alpha value is -2.74. The third-order valence-corrected chi connectivity index (χ3v) is 5.31. The van der Waals surface area contributed by atoms with E-state index in [1.807, 2.05) is 64.3 Å². The number of carbonyl (C=O) groups is 3. The van der Waals surface area contributed by atoms with E-state index in [1.54, 1.807) is 0 Å². The molecule has 0 heterocycles. The molecule has 0 spiro atoms. The van der Waals surface area contributed by atoms with Gasteiger partial charge in [0.2, 0.25) is 24.0 Å². The van der Waals surface area contributed by atoms with Gasteiger partial charge in [-0.25, -0.2) is 0 Å². The summed E-state index contributed by atoms with van der Waals surface area (Å²) in [7, 11) is 0. The number of amides is 3. The smallest absolute Gasteiger partial charge is 0.243 e. The van der Waals surface area contributed by atoms with Crippen LogP contribution in [-0.4, -0.2) is 48.2 Å². The normalized spacial score (nSPS) is 15.7. The van der Waals surface area contributed by atoms with Crippen LogP contribution >= 0.6 is 0 Å². The van der Waals surface area contributed by atoms with Gasteiger partial charge in [0.15, 0.2) is 0 Å². The maximum Gasteiger partial charge on any atom is 0.243 e. The second-order valence-electron chi connectivity index (χ2n) is 8.72. The van der Waals surface area contributed by atoms with Crippen LogP contribution in [0.1, 0.15) is 53.0 Å². The summed E-state index contributed by atoms with van der Waals surface area (Å²) in [5.41, 5.74) is 6.48. The molecule has 8 nitrogen and oxygen atoms in total. The van der Waals surface area contributed by atoms with Gasteiger partial charge < -0.3 is 21.7 Å². The minimum absolute atomic E-state index is 0.0939. The zero-order chi connectivity index (χ0) is 24.3. The van der Waals surface area contributed by atoms with E-state index in [0.717, 1.165) is 5.56 Å². The third-order valence-electron chi connectivity index (χ3n) is 5.31. The summed E-state index contributed by atoms with van der Waals surface area (Å²) in [4.78, 5) is 49.6. The topological polar surface area (TPSA) is 130 Å². The van der Waals surface area contributed by atoms with E-state index in [0.29, 0.717) is 12.8 Å². The molecule has 0 aliphatic heterocycles. The average Bonchev–Trinajstić information content (AvgIpc) is 2.75. The van der Waals surface area contributed by atoms with Gasteiger partial charge in [-0.1, -0.05) is 64.4 Å². The van der Waals surface area contributed by atoms with Crippen molar-refractivity contribution in [2.24, 2.45) is 17.6 Å². The van der Waals surface area contributed by atoms with Crippen LogP contribution in [0.15, 0.2) is 30.3 Å². The lowest BCUT2D eigenvalue weighted by Crippen LogP contribution is -2.57. The maximum absolute atomic E-state index is 13.1. The van der Waals surface area contributed by atoms with Crippen LogP contribution in [0.5, 0.6) is 0 Å². The molecule has 177 valence electrons. The molecule has 0 unspecified atom stereocenters. The molecule has 0 aliphatic rings. The molecule has 0 fully saturated rings. The molecular formula is C24H37N4O4. The van der Waals surface area contributed by atoms with Crippen LogP contribution in [0, 0.1) is 11.8 Å². The average molecular weight is 446 g/mol. The van der Waals surface area contributed by atoms with Gasteiger partial charge in [0.25, 0.3) is 0 Å². The molecule has 3 amide bonds. The first-order valence-corrected chi connectivity index (χ1v) is 11.2. The van der Waals surface area contributed by atoms with Crippen molar-refractivity contribution in [2.75, 3.05) is 0 Å². The van der Waals surface area contributed by atoms with Crippen molar-refractivity contribution in [3.63, 3.8) is 0 Å². The van der Waals surface area contributed by atoms with Crippen LogP contribution < -0.4 is 21.7 Å². The van der Waals surface area contributed by atoms with E-state index in [1.165, 1.54) is 6.92 Å². The fourth-order valence-electron chi connectivity index (χ4n) is 3.11. The van der Waals surface area contributed by atoms with Crippen LogP contribution in [0.4, 0.5) is 0 Å². The molecule has 1 radical (unpaired) electrons. The molecule has 5 atom stereocenters. The Labute approximate surface area is 191 Å². The van der Waals surface area contributed by atoms with E-state index in [-0.39, 0.29) is 18.3 Å². The summed E-state index contributed by atoms with van der Waals surface area (Å²) in [5, 5.41) is 8.13. The minimum atomic E-state index is -0.924. The molecule has 1 aromatic rings. The number of hydrogen-bond donors (Lipinski definition) is 4. The Balaban J connectivity index is 3.08. The van der Waals surface area contributed by atoms with Crippen molar-refractivity contribution in [3.05, 3.63) is 35.9 Å². The van der Waals surface area contributed by atoms with Gasteiger partial charge in [-0.3, -0.25) is 19.2 Å². The molecule has 0 saturated carbocycles. The van der Waals surface area contributed by atoms with E-state index >= 15 is 0 Å². The molecule has 8 heteroatoms. The maximum atomic E-state index is 13.1. The first-order chi connectivity index (χ1) is 15.1. The van der Waals surface area contributed by atoms with E-state index in [2.05, 4.69) is 16.0 Å². The number of hydrogen-bond acceptors (Lipinski definition) is 5. The van der Waals surface area contributed by atoms with Crippen molar-refractivity contribution < 1.29 is 19.2 Å². The van der Waals surface area contributed by atoms with Crippen LogP contribution in [0.25, 0.3) is 0 Å². The zero-order valence-electron chi connectivity index (χ0n) is 19.7. The third kappa shape index (κ3) is 9.18. The Morgan fingerprint density at radius 3 is 1.97 bits per heavy atom. The Bertz CT molecular complexity index is 752. The van der Waals surface area contributed by atoms with Crippen molar-refractivity contribution >= 4 is 24.0 Å². The summed E-state index contributed by atoms with van der Waals surface area (Å²) in [6.45, 7) is 9.17. The molecular weight excluding hydrogens is 408 g/mol. The number of benzene rings is 1. The molecule has 0 saturated heterocycles. The summed E-state index contributed by atoms with van der Waals surface area (Å²) >= 11 is 0. The summed E-state index contributed by atoms with van der Waals surface area (Å²) < 4.78 is 0. The highest BCUT2D eigenvalue weighted by molar-refractivity contribution is 5.93. The van der Waals surface area contributed by atoms with E-state index in [9.17, 15) is 19.2 Å². The van der Waals surface area contributed by atoms with Crippen LogP contribution in [0.3, 0.4) is 0 Å². The van der Waals surface area contributed by atoms with Gasteiger partial charge in [-0.15, -0.1) is 0 Å². The Morgan fingerprint density at radius 2 is 1.47 bits per heavy atom. The SMILES string of the molecule is CC[C@H](C)[C@@H]([C]=O)NC(=O)[C@H](Cc1ccccc1)NC(=O)[C@H](CC(C)C)NC(=O)[C@H](C)N. The van der Waals surface area contributed by atoms with Gasteiger partial charge in [-0.2, -0.15) is 0 Å². The fourth-order valence-corrected chi connectivity index (χ4v) is 3.11. The number of nitrogens with two attached hydrogens (primary N) is 1. The van der Waals surface area contributed by atoms with Gasteiger partial charge in [0.1, 0.15) is 12.1 Å². The van der Waals surface area contributed by atoms with Crippen molar-refractivity contribution in [1.29, 1.82) is 0 Å². The van der Waals surface area contributed by atoms with E-state index < -0.39 is 41.9 Å². The number of carbonyl (C=O) groups excluding carboxylic acids is 4. The molecule has 0 aliphatic carbocycles. The standard InChI is InChI=1S/C24H37N4O4/c1-6-16(4)21(14-29)28-24(32)20(13-18-10-8-7-9-11-18)27-23(31)19(12-15(2)3)26-22(30)17(5)25/h7-11,15-17,19-21H,6,12-13,25H2,1-5H3,(H,26,30)(H,27,31)(H,28,32)/t16-,17-,19-,20-,21+/m0/s1. The van der Waals surface area contributed by atoms with Crippen molar-refractivity contribution in [1.82, 2.24) is 16.0 Å². The highest BCUT2D eigenvalue weighted by atomic mass is 16.2. The van der Waals surface area contributed by atoms with Crippen LogP contribution in [0.2, 0.25) is 0 Å². The lowest BCUT2D eigenvalue weighted by atomic mass is 9.98. The molecule has 1 rings (SSSR count). The second kappa shape index (κ2) is 13.6. The van der Waals surface area contributed by atoms with E-state index in [4.69, 9.17) is 5.73 Å². The van der Waals surface area contributed by atoms with Gasteiger partial charge >= 0.3 is 0 Å². The van der Waals surface area contributed by atoms with Crippen LogP contribution in [-0.2, 0) is 25.6 Å². The first-order valence-electron chi connectivity index (χ1n) is 11.2. The minimum Gasteiger partial charge on any atom is -0.344 e. The quantitative estimate of drug-likeness (QED) is 0.363. The monoisotopic (exact) mass is 445 g/mol. The molecule has 1 aromatic carbocycles. The molecule has 32 heavy (non-hydrogen) atoms. The number of nitrogens with one attached hydrogen (secondary N) is 3. The van der Waals surface area contributed by atoms with Crippen molar-refractivity contribution in [3.8, 4) is 0 Å². The molecule has 0 bridgehead atoms. The highest BCUT2D eigenvalue weighted by Gasteiger charge is 2.30. The fraction of sp³-hybridized carbons (Fsp3) is 0.583. The van der Waals surface area contributed by atoms with Gasteiger partial charge in [0, 0.05) is 6.42 Å². The zero-order valence-corrected chi connectivity index (χ0v) is 19.7. The Morgan fingerprint density at radius 1 is 0.906 bits per heavy atom. The summed E-state index contributed by atoms with van der Waals surface area (Å²) in [5.74, 6) is -1.36. The van der Waals surface area contributed by atoms with Gasteiger partial charge in [0.05, 0.1) is 12.1 Å². The molecule has 5 N–H and O–H groups in total. The largest absolute Gasteiger partial charge is 0.344 e.